The van der Waals surface area contributed by atoms with E-state index in [0.29, 0.717) is 0 Å². The highest BCUT2D eigenvalue weighted by Gasteiger charge is 2.08. The maximum atomic E-state index is 7.21. The second-order valence-electron chi connectivity index (χ2n) is 3.53. The third kappa shape index (κ3) is 2.98. The Bertz CT molecular complexity index is 535. The lowest BCUT2D eigenvalue weighted by molar-refractivity contribution is 1.33. The molecule has 0 fully saturated rings. The highest BCUT2D eigenvalue weighted by Crippen LogP contribution is 2.25. The summed E-state index contributed by atoms with van der Waals surface area (Å²) < 4.78 is 0. The fraction of sp³-hybridized carbons (Fsp3) is 0.200. The number of H-pyrrole nitrogens is 1. The molecule has 1 aromatic carbocycles. The van der Waals surface area contributed by atoms with E-state index >= 15 is 0 Å². The van der Waals surface area contributed by atoms with Gasteiger partial charge in [0.1, 0.15) is 0 Å². The summed E-state index contributed by atoms with van der Waals surface area (Å²) in [7, 11) is 0. The van der Waals surface area contributed by atoms with Gasteiger partial charge in [0.25, 0.3) is 0 Å². The molecule has 1 heterocycles. The van der Waals surface area contributed by atoms with E-state index in [1.165, 1.54) is 0 Å². The maximum Gasteiger partial charge on any atom is 0.190 e. The minimum atomic E-state index is -0.0626. The molecule has 0 bridgehead atoms. The number of fused-ring (bicyclic) bond motifs is 1. The molecule has 0 saturated carbocycles. The van der Waals surface area contributed by atoms with E-state index in [1.54, 1.807) is 6.33 Å². The number of guanidine groups is 1. The van der Waals surface area contributed by atoms with Crippen molar-refractivity contribution in [2.45, 2.75) is 13.8 Å². The Labute approximate surface area is 120 Å². The maximum absolute atomic E-state index is 7.21. The van der Waals surface area contributed by atoms with E-state index in [2.05, 4.69) is 15.3 Å². The molecule has 1 aromatic heterocycles. The van der Waals surface area contributed by atoms with Crippen molar-refractivity contribution >= 4 is 56.6 Å². The number of aryl methyl sites for hydroxylation is 2. The Morgan fingerprint density at radius 3 is 2.65 bits per heavy atom. The van der Waals surface area contributed by atoms with Gasteiger partial charge in [-0.2, -0.15) is 0 Å². The summed E-state index contributed by atoms with van der Waals surface area (Å²) in [6.45, 7) is 3.94. The van der Waals surface area contributed by atoms with Crippen LogP contribution in [0.25, 0.3) is 11.0 Å². The molecule has 7 heteroatoms. The van der Waals surface area contributed by atoms with E-state index in [1.807, 2.05) is 19.9 Å². The van der Waals surface area contributed by atoms with E-state index in [-0.39, 0.29) is 39.9 Å². The van der Waals surface area contributed by atoms with Gasteiger partial charge in [-0.1, -0.05) is 0 Å². The molecule has 0 aliphatic rings. The van der Waals surface area contributed by atoms with Gasteiger partial charge < -0.3 is 16.0 Å². The van der Waals surface area contributed by atoms with Crippen molar-refractivity contribution < 1.29 is 0 Å². The van der Waals surface area contributed by atoms with Crippen LogP contribution in [-0.4, -0.2) is 15.9 Å². The second kappa shape index (κ2) is 6.02. The average molecular weight is 365 g/mol. The smallest absolute Gasteiger partial charge is 0.190 e. The van der Waals surface area contributed by atoms with Crippen LogP contribution in [0, 0.1) is 19.3 Å². The predicted molar refractivity (Wildman–Crippen MR) is 81.7 cm³/mol. The highest BCUT2D eigenvalue weighted by atomic mass is 79.9. The zero-order valence-corrected chi connectivity index (χ0v) is 12.9. The van der Waals surface area contributed by atoms with Gasteiger partial charge in [-0.15, -0.1) is 34.0 Å². The molecule has 0 aliphatic carbocycles. The molecule has 5 nitrogen and oxygen atoms in total. The van der Waals surface area contributed by atoms with Crippen LogP contribution >= 0.6 is 34.0 Å². The van der Waals surface area contributed by atoms with Gasteiger partial charge in [-0.05, 0) is 25.5 Å². The van der Waals surface area contributed by atoms with Crippen LogP contribution in [0.3, 0.4) is 0 Å². The van der Waals surface area contributed by atoms with Crippen LogP contribution < -0.4 is 11.1 Å². The number of aromatic nitrogens is 2. The number of aromatic amines is 1. The molecule has 0 saturated heterocycles. The van der Waals surface area contributed by atoms with Crippen molar-refractivity contribution in [2.24, 2.45) is 5.73 Å². The Morgan fingerprint density at radius 1 is 1.41 bits per heavy atom. The second-order valence-corrected chi connectivity index (χ2v) is 3.53. The van der Waals surface area contributed by atoms with Crippen molar-refractivity contribution in [1.29, 1.82) is 5.41 Å². The molecular formula is C10H15Br2N5. The third-order valence-electron chi connectivity index (χ3n) is 2.42. The number of nitrogens with two attached hydrogens (primary N) is 1. The summed E-state index contributed by atoms with van der Waals surface area (Å²) in [6.07, 6.45) is 1.67. The van der Waals surface area contributed by atoms with Crippen molar-refractivity contribution in [2.75, 3.05) is 5.32 Å². The summed E-state index contributed by atoms with van der Waals surface area (Å²) >= 11 is 0. The van der Waals surface area contributed by atoms with Gasteiger partial charge in [-0.25, -0.2) is 4.98 Å². The molecule has 17 heavy (non-hydrogen) atoms. The summed E-state index contributed by atoms with van der Waals surface area (Å²) in [5.74, 6) is -0.0626. The van der Waals surface area contributed by atoms with E-state index < -0.39 is 0 Å². The van der Waals surface area contributed by atoms with Crippen molar-refractivity contribution in [3.05, 3.63) is 23.5 Å². The minimum Gasteiger partial charge on any atom is -0.370 e. The van der Waals surface area contributed by atoms with E-state index in [4.69, 9.17) is 11.1 Å². The van der Waals surface area contributed by atoms with E-state index in [9.17, 15) is 0 Å². The van der Waals surface area contributed by atoms with Gasteiger partial charge in [0.15, 0.2) is 5.96 Å². The van der Waals surface area contributed by atoms with Crippen LogP contribution in [0.4, 0.5) is 5.69 Å². The SMILES string of the molecule is Br.Br.Cc1c(NC(=N)N)cc(C)c2[nH]cnc12. The Kier molecular flexibility index (Phi) is 5.63. The number of benzene rings is 1. The molecule has 0 unspecified atom stereocenters. The summed E-state index contributed by atoms with van der Waals surface area (Å²) in [6, 6.07) is 1.96. The van der Waals surface area contributed by atoms with Crippen molar-refractivity contribution in [3.8, 4) is 0 Å². The molecule has 0 spiro atoms. The molecule has 0 atom stereocenters. The minimum absolute atomic E-state index is 0. The summed E-state index contributed by atoms with van der Waals surface area (Å²) in [5, 5.41) is 10.0. The number of rotatable bonds is 1. The fourth-order valence-electron chi connectivity index (χ4n) is 1.68. The lowest BCUT2D eigenvalue weighted by atomic mass is 10.1. The zero-order chi connectivity index (χ0) is 11.0. The number of halogens is 2. The van der Waals surface area contributed by atoms with E-state index in [0.717, 1.165) is 27.8 Å². The Morgan fingerprint density at radius 2 is 2.06 bits per heavy atom. The third-order valence-corrected chi connectivity index (χ3v) is 2.42. The van der Waals surface area contributed by atoms with Gasteiger partial charge in [0.2, 0.25) is 0 Å². The fourth-order valence-corrected chi connectivity index (χ4v) is 1.68. The number of hydrogen-bond acceptors (Lipinski definition) is 2. The topological polar surface area (TPSA) is 90.6 Å². The van der Waals surface area contributed by atoms with Gasteiger partial charge in [0.05, 0.1) is 17.4 Å². The molecular weight excluding hydrogens is 350 g/mol. The predicted octanol–water partition coefficient (Wildman–Crippen LogP) is 2.64. The lowest BCUT2D eigenvalue weighted by Crippen LogP contribution is -2.21. The van der Waals surface area contributed by atoms with Crippen LogP contribution in [0.2, 0.25) is 0 Å². The quantitative estimate of drug-likeness (QED) is 0.463. The van der Waals surface area contributed by atoms with Crippen molar-refractivity contribution in [1.82, 2.24) is 9.97 Å². The van der Waals surface area contributed by atoms with Crippen LogP contribution in [0.1, 0.15) is 11.1 Å². The molecule has 5 N–H and O–H groups in total. The zero-order valence-electron chi connectivity index (χ0n) is 9.50. The average Bonchev–Trinajstić information content (AvgIpc) is 2.61. The monoisotopic (exact) mass is 363 g/mol. The summed E-state index contributed by atoms with van der Waals surface area (Å²) in [5.41, 5.74) is 10.2. The molecule has 2 aromatic rings. The first kappa shape index (κ1) is 15.9. The van der Waals surface area contributed by atoms with Crippen LogP contribution in [0.15, 0.2) is 12.4 Å². The number of nitrogens with zero attached hydrogens (tertiary/aromatic N) is 1. The first-order valence-corrected chi connectivity index (χ1v) is 4.64. The van der Waals surface area contributed by atoms with Gasteiger partial charge in [-0.3, -0.25) is 5.41 Å². The van der Waals surface area contributed by atoms with Crippen molar-refractivity contribution in [3.63, 3.8) is 0 Å². The standard InChI is InChI=1S/C10H13N5.2BrH/c1-5-3-7(15-10(11)12)6(2)9-8(5)13-4-14-9;;/h3-4H,1-2H3,(H,13,14)(H4,11,12,15);2*1H. The van der Waals surface area contributed by atoms with Gasteiger partial charge >= 0.3 is 0 Å². The molecule has 0 aliphatic heterocycles. The number of hydrogen-bond donors (Lipinski definition) is 4. The first-order chi connectivity index (χ1) is 7.09. The number of nitrogens with one attached hydrogen (secondary N) is 3. The number of imidazole rings is 1. The largest absolute Gasteiger partial charge is 0.370 e. The number of anilines is 1. The lowest BCUT2D eigenvalue weighted by Gasteiger charge is -2.09. The molecule has 94 valence electrons. The van der Waals surface area contributed by atoms with Crippen LogP contribution in [-0.2, 0) is 0 Å². The Balaban J connectivity index is 0.00000128. The normalized spacial score (nSPS) is 9.29. The Hall–Kier alpha value is -1.08. The molecule has 0 amide bonds. The molecule has 2 rings (SSSR count). The van der Waals surface area contributed by atoms with Crippen LogP contribution in [0.5, 0.6) is 0 Å². The molecule has 0 radical (unpaired) electrons. The summed E-state index contributed by atoms with van der Waals surface area (Å²) in [4.78, 5) is 7.33. The highest BCUT2D eigenvalue weighted by molar-refractivity contribution is 8.93. The first-order valence-electron chi connectivity index (χ1n) is 4.64. The van der Waals surface area contributed by atoms with Gasteiger partial charge in [0, 0.05) is 11.3 Å².